The van der Waals surface area contributed by atoms with Crippen molar-refractivity contribution in [3.05, 3.63) is 76.5 Å². The Morgan fingerprint density at radius 3 is 2.31 bits per heavy atom. The third-order valence-corrected chi connectivity index (χ3v) is 5.35. The summed E-state index contributed by atoms with van der Waals surface area (Å²) in [7, 11) is 0. The average molecular weight is 390 g/mol. The predicted molar refractivity (Wildman–Crippen MR) is 103 cm³/mol. The van der Waals surface area contributed by atoms with E-state index in [1.165, 1.54) is 23.5 Å². The smallest absolute Gasteiger partial charge is 0.321 e. The number of thiophene rings is 1. The van der Waals surface area contributed by atoms with Crippen LogP contribution in [0.25, 0.3) is 0 Å². The van der Waals surface area contributed by atoms with E-state index in [1.54, 1.807) is 0 Å². The molecule has 26 heavy (non-hydrogen) atoms. The molecule has 2 heterocycles. The number of rotatable bonds is 2. The minimum atomic E-state index is -4.36. The van der Waals surface area contributed by atoms with Crippen LogP contribution in [0.4, 0.5) is 30.2 Å². The summed E-state index contributed by atoms with van der Waals surface area (Å²) in [5.41, 5.74) is 3.30. The van der Waals surface area contributed by atoms with Crippen molar-refractivity contribution in [2.24, 2.45) is 4.99 Å². The Kier molecular flexibility index (Phi) is 4.28. The van der Waals surface area contributed by atoms with Crippen molar-refractivity contribution in [3.8, 4) is 0 Å². The summed E-state index contributed by atoms with van der Waals surface area (Å²) in [5.74, 6) is 0. The van der Waals surface area contributed by atoms with E-state index in [2.05, 4.69) is 0 Å². The Bertz CT molecular complexity index is 947. The second kappa shape index (κ2) is 6.48. The first-order valence-corrected chi connectivity index (χ1v) is 9.26. The van der Waals surface area contributed by atoms with E-state index in [-0.39, 0.29) is 0 Å². The molecule has 7 heteroatoms. The number of nitrogens with zero attached hydrogens (tertiary/aromatic N) is 2. The molecule has 1 aliphatic heterocycles. The summed E-state index contributed by atoms with van der Waals surface area (Å²) in [5, 5.41) is 3.45. The van der Waals surface area contributed by atoms with Crippen molar-refractivity contribution in [1.82, 2.24) is 0 Å². The van der Waals surface area contributed by atoms with Crippen molar-refractivity contribution in [2.75, 3.05) is 4.90 Å². The van der Waals surface area contributed by atoms with Crippen LogP contribution >= 0.6 is 24.0 Å². The van der Waals surface area contributed by atoms with Gasteiger partial charge in [0.1, 0.15) is 5.37 Å². The molecule has 2 nitrogen and oxygen atoms in total. The van der Waals surface area contributed by atoms with E-state index >= 15 is 0 Å². The van der Waals surface area contributed by atoms with Gasteiger partial charge in [0.25, 0.3) is 0 Å². The third kappa shape index (κ3) is 3.01. The Hall–Kier alpha value is -2.25. The highest BCUT2D eigenvalue weighted by Gasteiger charge is 2.33. The summed E-state index contributed by atoms with van der Waals surface area (Å²) in [6.07, 6.45) is -4.36. The topological polar surface area (TPSA) is 15.6 Å². The fraction of sp³-hybridized carbons (Fsp3) is 0.105. The molecule has 132 valence electrons. The first kappa shape index (κ1) is 17.2. The molecule has 3 aromatic rings. The maximum atomic E-state index is 12.9. The molecule has 4 rings (SSSR count). The molecule has 0 saturated heterocycles. The van der Waals surface area contributed by atoms with Gasteiger partial charge in [-0.05, 0) is 29.8 Å². The SMILES string of the molecule is FC(F)(F)c1ccc(N2c3cscc3N=C(c3ccccc3)C2S)cc1. The molecule has 0 radical (unpaired) electrons. The molecule has 1 aromatic heterocycles. The maximum absolute atomic E-state index is 12.9. The van der Waals surface area contributed by atoms with Gasteiger partial charge in [0.2, 0.25) is 0 Å². The van der Waals surface area contributed by atoms with Gasteiger partial charge in [-0.2, -0.15) is 13.2 Å². The van der Waals surface area contributed by atoms with E-state index in [0.717, 1.165) is 34.8 Å². The van der Waals surface area contributed by atoms with Gasteiger partial charge in [0, 0.05) is 16.4 Å². The fourth-order valence-corrected chi connectivity index (χ4v) is 4.10. The van der Waals surface area contributed by atoms with Crippen LogP contribution in [0.1, 0.15) is 11.1 Å². The monoisotopic (exact) mass is 390 g/mol. The molecule has 1 atom stereocenters. The van der Waals surface area contributed by atoms with Crippen LogP contribution in [0.3, 0.4) is 0 Å². The van der Waals surface area contributed by atoms with Crippen LogP contribution in [0, 0.1) is 0 Å². The minimum absolute atomic E-state index is 0.406. The van der Waals surface area contributed by atoms with Crippen molar-refractivity contribution in [2.45, 2.75) is 11.6 Å². The van der Waals surface area contributed by atoms with Gasteiger partial charge in [-0.15, -0.1) is 24.0 Å². The van der Waals surface area contributed by atoms with Crippen LogP contribution in [0.2, 0.25) is 0 Å². The minimum Gasteiger partial charge on any atom is -0.321 e. The molecular weight excluding hydrogens is 377 g/mol. The molecule has 0 saturated carbocycles. The molecule has 0 N–H and O–H groups in total. The highest BCUT2D eigenvalue weighted by atomic mass is 32.1. The molecular formula is C19H13F3N2S2. The molecule has 0 amide bonds. The van der Waals surface area contributed by atoms with E-state index < -0.39 is 17.1 Å². The first-order valence-electron chi connectivity index (χ1n) is 7.80. The third-order valence-electron chi connectivity index (χ3n) is 4.15. The van der Waals surface area contributed by atoms with Crippen molar-refractivity contribution in [3.63, 3.8) is 0 Å². The quantitative estimate of drug-likeness (QED) is 0.508. The standard InChI is InChI=1S/C19H13F3N2S2/c20-19(21,22)13-6-8-14(9-7-13)24-16-11-26-10-15(16)23-17(18(24)25)12-4-2-1-3-5-12/h1-11,18,25H. The lowest BCUT2D eigenvalue weighted by molar-refractivity contribution is -0.137. The van der Waals surface area contributed by atoms with Gasteiger partial charge in [0.05, 0.1) is 22.6 Å². The molecule has 1 unspecified atom stereocenters. The van der Waals surface area contributed by atoms with Crippen LogP contribution < -0.4 is 4.90 Å². The lowest BCUT2D eigenvalue weighted by Gasteiger charge is -2.34. The van der Waals surface area contributed by atoms with Crippen molar-refractivity contribution >= 4 is 46.7 Å². The van der Waals surface area contributed by atoms with Gasteiger partial charge in [-0.3, -0.25) is 0 Å². The molecule has 1 aliphatic rings. The number of aliphatic imine (C=N–C) groups is 1. The van der Waals surface area contributed by atoms with Crippen LogP contribution in [-0.4, -0.2) is 11.1 Å². The normalized spacial score (nSPS) is 17.0. The zero-order chi connectivity index (χ0) is 18.3. The highest BCUT2D eigenvalue weighted by Crippen LogP contribution is 2.44. The largest absolute Gasteiger partial charge is 0.416 e. The Morgan fingerprint density at radius 1 is 0.962 bits per heavy atom. The Labute approximate surface area is 158 Å². The predicted octanol–water partition coefficient (Wildman–Crippen LogP) is 6.30. The second-order valence-electron chi connectivity index (χ2n) is 5.79. The average Bonchev–Trinajstić information content (AvgIpc) is 3.09. The summed E-state index contributed by atoms with van der Waals surface area (Å²) >= 11 is 6.23. The van der Waals surface area contributed by atoms with Crippen LogP contribution in [0.15, 0.2) is 70.3 Å². The van der Waals surface area contributed by atoms with Gasteiger partial charge < -0.3 is 4.90 Å². The summed E-state index contributed by atoms with van der Waals surface area (Å²) < 4.78 is 38.6. The number of thiol groups is 1. The van der Waals surface area contributed by atoms with Gasteiger partial charge in [-0.1, -0.05) is 30.3 Å². The second-order valence-corrected chi connectivity index (χ2v) is 7.03. The van der Waals surface area contributed by atoms with E-state index in [4.69, 9.17) is 17.6 Å². The number of anilines is 2. The summed E-state index contributed by atoms with van der Waals surface area (Å²) in [4.78, 5) is 6.63. The molecule has 0 bridgehead atoms. The lowest BCUT2D eigenvalue weighted by Crippen LogP contribution is -2.36. The number of benzene rings is 2. The van der Waals surface area contributed by atoms with E-state index in [1.807, 2.05) is 46.0 Å². The molecule has 0 fully saturated rings. The Balaban J connectivity index is 1.78. The van der Waals surface area contributed by atoms with Gasteiger partial charge >= 0.3 is 6.18 Å². The van der Waals surface area contributed by atoms with Gasteiger partial charge in [0.15, 0.2) is 0 Å². The van der Waals surface area contributed by atoms with E-state index in [0.29, 0.717) is 5.69 Å². The van der Waals surface area contributed by atoms with Gasteiger partial charge in [-0.25, -0.2) is 4.99 Å². The number of fused-ring (bicyclic) bond motifs is 1. The lowest BCUT2D eigenvalue weighted by atomic mass is 10.1. The van der Waals surface area contributed by atoms with Crippen LogP contribution in [0.5, 0.6) is 0 Å². The number of alkyl halides is 3. The fourth-order valence-electron chi connectivity index (χ4n) is 2.90. The zero-order valence-corrected chi connectivity index (χ0v) is 15.0. The number of hydrogen-bond donors (Lipinski definition) is 1. The van der Waals surface area contributed by atoms with E-state index in [9.17, 15) is 13.2 Å². The summed E-state index contributed by atoms with van der Waals surface area (Å²) in [6, 6.07) is 14.8. The summed E-state index contributed by atoms with van der Waals surface area (Å²) in [6.45, 7) is 0. The van der Waals surface area contributed by atoms with Crippen LogP contribution in [-0.2, 0) is 6.18 Å². The number of hydrogen-bond acceptors (Lipinski definition) is 4. The first-order chi connectivity index (χ1) is 12.4. The Morgan fingerprint density at radius 2 is 1.65 bits per heavy atom. The molecule has 2 aromatic carbocycles. The molecule has 0 aliphatic carbocycles. The highest BCUT2D eigenvalue weighted by molar-refractivity contribution is 7.82. The zero-order valence-electron chi connectivity index (χ0n) is 13.3. The maximum Gasteiger partial charge on any atom is 0.416 e. The van der Waals surface area contributed by atoms with Crippen molar-refractivity contribution in [1.29, 1.82) is 0 Å². The van der Waals surface area contributed by atoms with Crippen molar-refractivity contribution < 1.29 is 13.2 Å². The molecule has 0 spiro atoms. The number of halogens is 3.